The molecule has 3 heterocycles. The monoisotopic (exact) mass is 335 g/mol. The zero-order valence-corrected chi connectivity index (χ0v) is 14.3. The number of fused-ring (bicyclic) bond motifs is 1. The predicted molar refractivity (Wildman–Crippen MR) is 96.5 cm³/mol. The van der Waals surface area contributed by atoms with E-state index in [1.54, 1.807) is 13.4 Å². The SMILES string of the molecule is COCc1nccc(C2CCCN(c3ncnc4ccccc34)C2)n1. The first-order valence-electron chi connectivity index (χ1n) is 8.60. The summed E-state index contributed by atoms with van der Waals surface area (Å²) >= 11 is 0. The molecule has 0 saturated carbocycles. The molecule has 0 amide bonds. The lowest BCUT2D eigenvalue weighted by atomic mass is 9.94. The third kappa shape index (κ3) is 3.30. The number of ether oxygens (including phenoxy) is 1. The summed E-state index contributed by atoms with van der Waals surface area (Å²) in [7, 11) is 1.67. The van der Waals surface area contributed by atoms with E-state index in [9.17, 15) is 0 Å². The Labute approximate surface area is 146 Å². The highest BCUT2D eigenvalue weighted by atomic mass is 16.5. The third-order valence-corrected chi connectivity index (χ3v) is 4.66. The van der Waals surface area contributed by atoms with Crippen LogP contribution in [0.3, 0.4) is 0 Å². The summed E-state index contributed by atoms with van der Waals surface area (Å²) in [4.78, 5) is 20.3. The summed E-state index contributed by atoms with van der Waals surface area (Å²) in [6.07, 6.45) is 5.73. The zero-order chi connectivity index (χ0) is 17.1. The normalized spacial score (nSPS) is 17.8. The summed E-state index contributed by atoms with van der Waals surface area (Å²) in [5, 5.41) is 1.11. The highest BCUT2D eigenvalue weighted by Crippen LogP contribution is 2.31. The summed E-state index contributed by atoms with van der Waals surface area (Å²) < 4.78 is 5.16. The summed E-state index contributed by atoms with van der Waals surface area (Å²) in [5.74, 6) is 2.13. The maximum absolute atomic E-state index is 5.16. The summed E-state index contributed by atoms with van der Waals surface area (Å²) in [6, 6.07) is 10.2. The lowest BCUT2D eigenvalue weighted by Gasteiger charge is -2.33. The molecule has 1 aromatic carbocycles. The average molecular weight is 335 g/mol. The van der Waals surface area contributed by atoms with Crippen molar-refractivity contribution in [1.29, 1.82) is 0 Å². The van der Waals surface area contributed by atoms with E-state index in [0.717, 1.165) is 54.2 Å². The number of hydrogen-bond donors (Lipinski definition) is 0. The molecule has 1 atom stereocenters. The summed E-state index contributed by atoms with van der Waals surface area (Å²) in [5.41, 5.74) is 2.07. The highest BCUT2D eigenvalue weighted by Gasteiger charge is 2.24. The molecule has 0 bridgehead atoms. The standard InChI is InChI=1S/C19H21N5O/c1-25-12-18-20-9-8-16(23-18)14-5-4-10-24(11-14)19-15-6-2-3-7-17(15)21-13-22-19/h2-3,6-9,13-14H,4-5,10-12H2,1H3. The molecule has 4 rings (SSSR count). The molecule has 1 saturated heterocycles. The molecule has 0 N–H and O–H groups in total. The number of nitrogens with zero attached hydrogens (tertiary/aromatic N) is 5. The second-order valence-corrected chi connectivity index (χ2v) is 6.33. The van der Waals surface area contributed by atoms with E-state index in [0.29, 0.717) is 12.5 Å². The van der Waals surface area contributed by atoms with Crippen molar-refractivity contribution in [3.05, 3.63) is 54.4 Å². The molecule has 1 aliphatic rings. The van der Waals surface area contributed by atoms with Crippen LogP contribution in [0, 0.1) is 0 Å². The molecule has 0 aliphatic carbocycles. The molecule has 25 heavy (non-hydrogen) atoms. The Kier molecular flexibility index (Phi) is 4.52. The number of hydrogen-bond acceptors (Lipinski definition) is 6. The van der Waals surface area contributed by atoms with E-state index in [4.69, 9.17) is 4.74 Å². The van der Waals surface area contributed by atoms with Crippen molar-refractivity contribution >= 4 is 16.7 Å². The van der Waals surface area contributed by atoms with Crippen LogP contribution in [0.1, 0.15) is 30.3 Å². The smallest absolute Gasteiger partial charge is 0.154 e. The Morgan fingerprint density at radius 1 is 1.16 bits per heavy atom. The third-order valence-electron chi connectivity index (χ3n) is 4.66. The van der Waals surface area contributed by atoms with Gasteiger partial charge in [-0.05, 0) is 31.0 Å². The molecule has 2 aromatic heterocycles. The summed E-state index contributed by atoms with van der Waals surface area (Å²) in [6.45, 7) is 2.36. The van der Waals surface area contributed by atoms with Crippen LogP contribution in [0.2, 0.25) is 0 Å². The van der Waals surface area contributed by atoms with Crippen molar-refractivity contribution in [3.63, 3.8) is 0 Å². The fourth-order valence-electron chi connectivity index (χ4n) is 3.49. The van der Waals surface area contributed by atoms with Crippen molar-refractivity contribution in [2.45, 2.75) is 25.4 Å². The Morgan fingerprint density at radius 2 is 2.08 bits per heavy atom. The van der Waals surface area contributed by atoms with E-state index in [1.807, 2.05) is 30.5 Å². The number of benzene rings is 1. The fraction of sp³-hybridized carbons (Fsp3) is 0.368. The fourth-order valence-corrected chi connectivity index (χ4v) is 3.49. The number of para-hydroxylation sites is 1. The number of anilines is 1. The molecular weight excluding hydrogens is 314 g/mol. The Hall–Kier alpha value is -2.60. The molecular formula is C19H21N5O. The van der Waals surface area contributed by atoms with Crippen molar-refractivity contribution in [2.75, 3.05) is 25.1 Å². The van der Waals surface area contributed by atoms with Crippen LogP contribution in [0.5, 0.6) is 0 Å². The quantitative estimate of drug-likeness (QED) is 0.730. The van der Waals surface area contributed by atoms with Crippen molar-refractivity contribution in [2.24, 2.45) is 0 Å². The second-order valence-electron chi connectivity index (χ2n) is 6.33. The van der Waals surface area contributed by atoms with Gasteiger partial charge >= 0.3 is 0 Å². The minimum Gasteiger partial charge on any atom is -0.377 e. The highest BCUT2D eigenvalue weighted by molar-refractivity contribution is 5.89. The molecule has 1 fully saturated rings. The average Bonchev–Trinajstić information content (AvgIpc) is 2.68. The van der Waals surface area contributed by atoms with Gasteiger partial charge in [-0.2, -0.15) is 0 Å². The minimum atomic E-state index is 0.376. The molecule has 6 nitrogen and oxygen atoms in total. The van der Waals surface area contributed by atoms with Crippen LogP contribution >= 0.6 is 0 Å². The van der Waals surface area contributed by atoms with Crippen LogP contribution in [0.15, 0.2) is 42.9 Å². The van der Waals surface area contributed by atoms with Crippen molar-refractivity contribution < 1.29 is 4.74 Å². The van der Waals surface area contributed by atoms with Gasteiger partial charge in [0.25, 0.3) is 0 Å². The van der Waals surface area contributed by atoms with E-state index >= 15 is 0 Å². The van der Waals surface area contributed by atoms with Crippen LogP contribution < -0.4 is 4.90 Å². The van der Waals surface area contributed by atoms with Gasteiger partial charge < -0.3 is 9.64 Å². The number of aromatic nitrogens is 4. The van der Waals surface area contributed by atoms with E-state index in [2.05, 4.69) is 30.9 Å². The topological polar surface area (TPSA) is 64.0 Å². The molecule has 3 aromatic rings. The van der Waals surface area contributed by atoms with Gasteiger partial charge in [-0.15, -0.1) is 0 Å². The van der Waals surface area contributed by atoms with Gasteiger partial charge in [0.1, 0.15) is 18.8 Å². The van der Waals surface area contributed by atoms with Gasteiger partial charge in [-0.3, -0.25) is 0 Å². The molecule has 0 radical (unpaired) electrons. The Bertz CT molecular complexity index is 864. The number of rotatable bonds is 4. The first kappa shape index (κ1) is 15.9. The largest absolute Gasteiger partial charge is 0.377 e. The molecule has 1 aliphatic heterocycles. The maximum atomic E-state index is 5.16. The van der Waals surface area contributed by atoms with Gasteiger partial charge in [0.15, 0.2) is 5.82 Å². The van der Waals surface area contributed by atoms with Crippen molar-refractivity contribution in [3.8, 4) is 0 Å². The lowest BCUT2D eigenvalue weighted by Crippen LogP contribution is -2.35. The molecule has 128 valence electrons. The number of piperidine rings is 1. The zero-order valence-electron chi connectivity index (χ0n) is 14.3. The van der Waals surface area contributed by atoms with Gasteiger partial charge in [-0.1, -0.05) is 12.1 Å². The maximum Gasteiger partial charge on any atom is 0.154 e. The van der Waals surface area contributed by atoms with Crippen LogP contribution in [-0.4, -0.2) is 40.1 Å². The van der Waals surface area contributed by atoms with Gasteiger partial charge in [0.05, 0.1) is 5.52 Å². The predicted octanol–water partition coefficient (Wildman–Crippen LogP) is 2.95. The van der Waals surface area contributed by atoms with Crippen molar-refractivity contribution in [1.82, 2.24) is 19.9 Å². The van der Waals surface area contributed by atoms with Gasteiger partial charge in [0, 0.05) is 43.4 Å². The lowest BCUT2D eigenvalue weighted by molar-refractivity contribution is 0.177. The Morgan fingerprint density at radius 3 is 3.00 bits per heavy atom. The van der Waals surface area contributed by atoms with E-state index < -0.39 is 0 Å². The minimum absolute atomic E-state index is 0.376. The van der Waals surface area contributed by atoms with Gasteiger partial charge in [-0.25, -0.2) is 19.9 Å². The molecule has 6 heteroatoms. The van der Waals surface area contributed by atoms with Crippen LogP contribution in [0.4, 0.5) is 5.82 Å². The van der Waals surface area contributed by atoms with E-state index in [-0.39, 0.29) is 0 Å². The molecule has 0 spiro atoms. The van der Waals surface area contributed by atoms with Crippen LogP contribution in [-0.2, 0) is 11.3 Å². The first-order valence-corrected chi connectivity index (χ1v) is 8.60. The number of methoxy groups -OCH3 is 1. The first-order chi connectivity index (χ1) is 12.3. The second kappa shape index (κ2) is 7.11. The Balaban J connectivity index is 1.61. The van der Waals surface area contributed by atoms with Gasteiger partial charge in [0.2, 0.25) is 0 Å². The van der Waals surface area contributed by atoms with Crippen LogP contribution in [0.25, 0.3) is 10.9 Å². The van der Waals surface area contributed by atoms with E-state index in [1.165, 1.54) is 0 Å². The molecule has 1 unspecified atom stereocenters.